The number of aromatic nitrogens is 2. The predicted molar refractivity (Wildman–Crippen MR) is 133 cm³/mol. The largest absolute Gasteiger partial charge is 0.372 e. The lowest BCUT2D eigenvalue weighted by atomic mass is 9.97. The lowest BCUT2D eigenvalue weighted by molar-refractivity contribution is -0.126. The van der Waals surface area contributed by atoms with Crippen LogP contribution in [0.1, 0.15) is 35.4 Å². The van der Waals surface area contributed by atoms with Crippen LogP contribution in [0.3, 0.4) is 0 Å². The molecular weight excluding hydrogens is 464 g/mol. The number of piperidine rings is 1. The number of rotatable bonds is 9. The molecule has 2 aromatic carbocycles. The average molecular weight is 497 g/mol. The van der Waals surface area contributed by atoms with Gasteiger partial charge >= 0.3 is 0 Å². The first-order valence-corrected chi connectivity index (χ1v) is 13.2. The second-order valence-electron chi connectivity index (χ2n) is 8.93. The maximum atomic E-state index is 12.9. The molecule has 1 saturated heterocycles. The summed E-state index contributed by atoms with van der Waals surface area (Å²) in [4.78, 5) is 16.9. The summed E-state index contributed by atoms with van der Waals surface area (Å²) in [6.45, 7) is 3.87. The molecule has 0 unspecified atom stereocenters. The number of sulfonamides is 1. The maximum absolute atomic E-state index is 12.9. The van der Waals surface area contributed by atoms with E-state index in [0.29, 0.717) is 51.5 Å². The topological polar surface area (TPSA) is 93.5 Å². The minimum Gasteiger partial charge on any atom is -0.372 e. The lowest BCUT2D eigenvalue weighted by Gasteiger charge is -2.30. The zero-order valence-corrected chi connectivity index (χ0v) is 21.0. The quantitative estimate of drug-likeness (QED) is 0.491. The second-order valence-corrected chi connectivity index (χ2v) is 10.8. The van der Waals surface area contributed by atoms with Gasteiger partial charge in [-0.3, -0.25) is 4.79 Å². The molecule has 0 bridgehead atoms. The van der Waals surface area contributed by atoms with E-state index in [1.165, 1.54) is 10.5 Å². The summed E-state index contributed by atoms with van der Waals surface area (Å²) in [5, 5.41) is 3.07. The van der Waals surface area contributed by atoms with E-state index in [2.05, 4.69) is 10.3 Å². The van der Waals surface area contributed by atoms with Gasteiger partial charge in [0.05, 0.1) is 13.2 Å². The van der Waals surface area contributed by atoms with Crippen LogP contribution < -0.4 is 5.32 Å². The molecule has 1 aliphatic rings. The smallest absolute Gasteiger partial charge is 0.262 e. The van der Waals surface area contributed by atoms with Crippen LogP contribution in [0.5, 0.6) is 0 Å². The number of nitrogens with one attached hydrogen (secondary N) is 1. The Morgan fingerprint density at radius 2 is 1.69 bits per heavy atom. The monoisotopic (exact) mass is 496 g/mol. The molecule has 0 radical (unpaired) electrons. The first-order chi connectivity index (χ1) is 16.8. The Morgan fingerprint density at radius 3 is 2.37 bits per heavy atom. The predicted octanol–water partition coefficient (Wildman–Crippen LogP) is 3.16. The van der Waals surface area contributed by atoms with Crippen LogP contribution in [0.15, 0.2) is 65.8 Å². The van der Waals surface area contributed by atoms with Gasteiger partial charge in [-0.15, -0.1) is 0 Å². The molecule has 1 aromatic heterocycles. The van der Waals surface area contributed by atoms with E-state index >= 15 is 0 Å². The third-order valence-electron chi connectivity index (χ3n) is 6.35. The molecule has 9 heteroatoms. The zero-order valence-electron chi connectivity index (χ0n) is 20.2. The normalized spacial score (nSPS) is 15.3. The fourth-order valence-corrected chi connectivity index (χ4v) is 5.66. The Balaban J connectivity index is 1.24. The third kappa shape index (κ3) is 6.36. The van der Waals surface area contributed by atoms with Gasteiger partial charge in [-0.1, -0.05) is 54.6 Å². The van der Waals surface area contributed by atoms with E-state index in [4.69, 9.17) is 4.74 Å². The van der Waals surface area contributed by atoms with Crippen molar-refractivity contribution in [1.82, 2.24) is 19.2 Å². The number of carbonyl (C=O) groups is 1. The Morgan fingerprint density at radius 1 is 1.03 bits per heavy atom. The third-order valence-corrected chi connectivity index (χ3v) is 8.12. The number of hydrogen-bond donors (Lipinski definition) is 1. The standard InChI is InChI=1S/C26H32N4O4S/c1-20-28-25(17-29(20)2)35(32,33)30-13-11-24(12-14-30)26(31)27-16-22-9-6-10-23(15-22)19-34-18-21-7-4-3-5-8-21/h3-10,15,17,24H,11-14,16,18-19H2,1-2H3,(H,27,31). The van der Waals surface area contributed by atoms with Crippen molar-refractivity contribution in [2.45, 2.75) is 44.5 Å². The number of hydrogen-bond acceptors (Lipinski definition) is 5. The van der Waals surface area contributed by atoms with Crippen molar-refractivity contribution in [2.24, 2.45) is 13.0 Å². The number of aryl methyl sites for hydroxylation is 2. The molecule has 2 heterocycles. The van der Waals surface area contributed by atoms with Gasteiger partial charge in [-0.05, 0) is 36.5 Å². The Hall–Kier alpha value is -3.01. The Labute approximate surface area is 207 Å². The summed E-state index contributed by atoms with van der Waals surface area (Å²) in [5.74, 6) is 0.399. The molecule has 1 N–H and O–H groups in total. The summed E-state index contributed by atoms with van der Waals surface area (Å²) < 4.78 is 34.7. The van der Waals surface area contributed by atoms with Gasteiger partial charge in [0.1, 0.15) is 5.82 Å². The molecule has 3 aromatic rings. The molecule has 0 aliphatic carbocycles. The Bertz CT molecular complexity index is 1230. The summed E-state index contributed by atoms with van der Waals surface area (Å²) >= 11 is 0. The van der Waals surface area contributed by atoms with Crippen molar-refractivity contribution >= 4 is 15.9 Å². The number of carbonyl (C=O) groups excluding carboxylic acids is 1. The van der Waals surface area contributed by atoms with Crippen molar-refractivity contribution in [3.05, 3.63) is 83.3 Å². The van der Waals surface area contributed by atoms with Gasteiger partial charge in [-0.25, -0.2) is 13.4 Å². The minimum absolute atomic E-state index is 0.0403. The molecule has 0 saturated carbocycles. The molecule has 1 fully saturated rings. The van der Waals surface area contributed by atoms with Gasteiger partial charge in [0.2, 0.25) is 5.91 Å². The van der Waals surface area contributed by atoms with Crippen LogP contribution >= 0.6 is 0 Å². The van der Waals surface area contributed by atoms with Crippen LogP contribution in [-0.2, 0) is 46.4 Å². The van der Waals surface area contributed by atoms with Crippen molar-refractivity contribution in [2.75, 3.05) is 13.1 Å². The number of benzene rings is 2. The fourth-order valence-electron chi connectivity index (χ4n) is 4.17. The first kappa shape index (κ1) is 25.1. The molecular formula is C26H32N4O4S. The van der Waals surface area contributed by atoms with Crippen molar-refractivity contribution in [3.8, 4) is 0 Å². The summed E-state index contributed by atoms with van der Waals surface area (Å²) in [5.41, 5.74) is 3.19. The van der Waals surface area contributed by atoms with E-state index < -0.39 is 10.0 Å². The van der Waals surface area contributed by atoms with Gasteiger partial charge < -0.3 is 14.6 Å². The highest BCUT2D eigenvalue weighted by molar-refractivity contribution is 7.89. The van der Waals surface area contributed by atoms with Crippen molar-refractivity contribution < 1.29 is 17.9 Å². The van der Waals surface area contributed by atoms with E-state index in [-0.39, 0.29) is 16.9 Å². The van der Waals surface area contributed by atoms with Crippen LogP contribution in [0.4, 0.5) is 0 Å². The van der Waals surface area contributed by atoms with E-state index in [1.54, 1.807) is 18.5 Å². The number of ether oxygens (including phenoxy) is 1. The molecule has 1 amide bonds. The van der Waals surface area contributed by atoms with E-state index in [1.807, 2.05) is 54.6 Å². The molecule has 0 spiro atoms. The minimum atomic E-state index is -3.64. The molecule has 1 aliphatic heterocycles. The van der Waals surface area contributed by atoms with Crippen molar-refractivity contribution in [3.63, 3.8) is 0 Å². The first-order valence-electron chi connectivity index (χ1n) is 11.8. The van der Waals surface area contributed by atoms with Crippen LogP contribution in [-0.4, -0.2) is 41.3 Å². The van der Waals surface area contributed by atoms with Gasteiger partial charge in [-0.2, -0.15) is 4.31 Å². The van der Waals surface area contributed by atoms with Crippen LogP contribution in [0, 0.1) is 12.8 Å². The molecule has 186 valence electrons. The second kappa shape index (κ2) is 11.2. The van der Waals surface area contributed by atoms with Gasteiger partial charge in [0.15, 0.2) is 5.03 Å². The summed E-state index contributed by atoms with van der Waals surface area (Å²) in [6, 6.07) is 18.0. The number of amides is 1. The molecule has 8 nitrogen and oxygen atoms in total. The summed E-state index contributed by atoms with van der Waals surface area (Å²) in [6.07, 6.45) is 2.51. The molecule has 0 atom stereocenters. The maximum Gasteiger partial charge on any atom is 0.262 e. The molecule has 4 rings (SSSR count). The van der Waals surface area contributed by atoms with E-state index in [0.717, 1.165) is 16.7 Å². The number of imidazole rings is 1. The SMILES string of the molecule is Cc1nc(S(=O)(=O)N2CCC(C(=O)NCc3cccc(COCc4ccccc4)c3)CC2)cn1C. The van der Waals surface area contributed by atoms with Crippen molar-refractivity contribution in [1.29, 1.82) is 0 Å². The van der Waals surface area contributed by atoms with Crippen LogP contribution in [0.2, 0.25) is 0 Å². The van der Waals surface area contributed by atoms with E-state index in [9.17, 15) is 13.2 Å². The fraction of sp³-hybridized carbons (Fsp3) is 0.385. The summed E-state index contributed by atoms with van der Waals surface area (Å²) in [7, 11) is -1.87. The highest BCUT2D eigenvalue weighted by Gasteiger charge is 2.33. The average Bonchev–Trinajstić information content (AvgIpc) is 3.22. The zero-order chi connectivity index (χ0) is 24.8. The number of nitrogens with zero attached hydrogens (tertiary/aromatic N) is 3. The van der Waals surface area contributed by atoms with Gasteiger partial charge in [0.25, 0.3) is 10.0 Å². The van der Waals surface area contributed by atoms with Gasteiger partial charge in [0, 0.05) is 38.8 Å². The molecule has 35 heavy (non-hydrogen) atoms. The highest BCUT2D eigenvalue weighted by Crippen LogP contribution is 2.23. The highest BCUT2D eigenvalue weighted by atomic mass is 32.2. The van der Waals surface area contributed by atoms with Crippen LogP contribution in [0.25, 0.3) is 0 Å². The lowest BCUT2D eigenvalue weighted by Crippen LogP contribution is -2.43. The Kier molecular flexibility index (Phi) is 8.00.